The minimum atomic E-state index is -0.604. The van der Waals surface area contributed by atoms with Crippen molar-refractivity contribution >= 4 is 0 Å². The van der Waals surface area contributed by atoms with Crippen LogP contribution in [-0.4, -0.2) is 17.3 Å². The number of aryl methyl sites for hydroxylation is 1. The second kappa shape index (κ2) is 6.18. The highest BCUT2D eigenvalue weighted by molar-refractivity contribution is 5.24. The lowest BCUT2D eigenvalue weighted by Gasteiger charge is -2.25. The maximum Gasteiger partial charge on any atom is 0.0743 e. The van der Waals surface area contributed by atoms with Crippen molar-refractivity contribution in [2.75, 3.05) is 6.54 Å². The van der Waals surface area contributed by atoms with Gasteiger partial charge in [-0.05, 0) is 32.8 Å². The fraction of sp³-hybridized carbons (Fsp3) is 0.600. The number of benzene rings is 1. The zero-order valence-corrected chi connectivity index (χ0v) is 11.5. The molecule has 0 amide bonds. The summed E-state index contributed by atoms with van der Waals surface area (Å²) in [5.74, 6) is 0. The maximum absolute atomic E-state index is 10.1. The second-order valence-corrected chi connectivity index (χ2v) is 5.26. The first-order valence-electron chi connectivity index (χ1n) is 6.47. The summed E-state index contributed by atoms with van der Waals surface area (Å²) in [4.78, 5) is 0. The van der Waals surface area contributed by atoms with Crippen molar-refractivity contribution in [3.8, 4) is 0 Å². The molecule has 1 rings (SSSR count). The third kappa shape index (κ3) is 4.88. The van der Waals surface area contributed by atoms with E-state index in [0.717, 1.165) is 12.8 Å². The van der Waals surface area contributed by atoms with E-state index >= 15 is 0 Å². The first kappa shape index (κ1) is 14.2. The zero-order valence-electron chi connectivity index (χ0n) is 11.5. The molecule has 2 unspecified atom stereocenters. The molecule has 0 aliphatic carbocycles. The van der Waals surface area contributed by atoms with Crippen LogP contribution in [0.1, 0.15) is 50.8 Å². The van der Waals surface area contributed by atoms with Crippen LogP contribution in [-0.2, 0) is 0 Å². The summed E-state index contributed by atoms with van der Waals surface area (Å²) in [6, 6.07) is 8.76. The topological polar surface area (TPSA) is 32.3 Å². The van der Waals surface area contributed by atoms with Crippen molar-refractivity contribution in [2.24, 2.45) is 0 Å². The highest BCUT2D eigenvalue weighted by atomic mass is 16.3. The molecule has 0 spiro atoms. The molecule has 17 heavy (non-hydrogen) atoms. The van der Waals surface area contributed by atoms with Crippen LogP contribution in [0.4, 0.5) is 0 Å². The van der Waals surface area contributed by atoms with Gasteiger partial charge in [0, 0.05) is 12.6 Å². The molecule has 0 aliphatic rings. The van der Waals surface area contributed by atoms with Crippen molar-refractivity contribution in [3.63, 3.8) is 0 Å². The molecule has 0 saturated carbocycles. The summed E-state index contributed by atoms with van der Waals surface area (Å²) in [7, 11) is 0. The van der Waals surface area contributed by atoms with Gasteiger partial charge in [0.1, 0.15) is 0 Å². The molecule has 0 fully saturated rings. The Kier molecular flexibility index (Phi) is 5.16. The predicted octanol–water partition coefficient (Wildman–Crippen LogP) is 3.20. The molecular weight excluding hydrogens is 210 g/mol. The molecule has 1 aromatic rings. The van der Waals surface area contributed by atoms with E-state index in [1.165, 1.54) is 11.1 Å². The number of hydrogen-bond acceptors (Lipinski definition) is 2. The Hall–Kier alpha value is -0.860. The van der Waals surface area contributed by atoms with Crippen molar-refractivity contribution in [3.05, 3.63) is 35.4 Å². The summed E-state index contributed by atoms with van der Waals surface area (Å²) in [5, 5.41) is 13.5. The lowest BCUT2D eigenvalue weighted by Crippen LogP contribution is -2.38. The maximum atomic E-state index is 10.1. The van der Waals surface area contributed by atoms with Gasteiger partial charge in [0.25, 0.3) is 0 Å². The number of aliphatic hydroxyl groups is 1. The first-order valence-corrected chi connectivity index (χ1v) is 6.47. The minimum Gasteiger partial charge on any atom is -0.389 e. The van der Waals surface area contributed by atoms with E-state index in [1.54, 1.807) is 0 Å². The summed E-state index contributed by atoms with van der Waals surface area (Å²) >= 11 is 0. The Morgan fingerprint density at radius 1 is 1.41 bits per heavy atom. The van der Waals surface area contributed by atoms with Gasteiger partial charge in [-0.2, -0.15) is 0 Å². The molecule has 2 atom stereocenters. The average molecular weight is 235 g/mol. The lowest BCUT2D eigenvalue weighted by molar-refractivity contribution is 0.0477. The zero-order chi connectivity index (χ0) is 12.9. The Labute approximate surface area is 105 Å². The third-order valence-electron chi connectivity index (χ3n) is 3.12. The van der Waals surface area contributed by atoms with Gasteiger partial charge < -0.3 is 10.4 Å². The standard InChI is InChI=1S/C15H25NO/c1-5-9-15(4,17)11-16-13(3)14-8-6-7-12(2)10-14/h6-8,10,13,16-17H,5,9,11H2,1-4H3. The molecule has 1 aromatic carbocycles. The van der Waals surface area contributed by atoms with Crippen LogP contribution in [0.25, 0.3) is 0 Å². The molecule has 0 bridgehead atoms. The number of nitrogens with one attached hydrogen (secondary N) is 1. The van der Waals surface area contributed by atoms with E-state index in [0.29, 0.717) is 6.54 Å². The Bertz CT molecular complexity index is 347. The highest BCUT2D eigenvalue weighted by Gasteiger charge is 2.19. The first-order chi connectivity index (χ1) is 7.94. The summed E-state index contributed by atoms with van der Waals surface area (Å²) < 4.78 is 0. The molecule has 0 saturated heterocycles. The van der Waals surface area contributed by atoms with Crippen molar-refractivity contribution in [1.29, 1.82) is 0 Å². The van der Waals surface area contributed by atoms with Gasteiger partial charge >= 0.3 is 0 Å². The van der Waals surface area contributed by atoms with E-state index in [2.05, 4.69) is 50.4 Å². The normalized spacial score (nSPS) is 16.5. The van der Waals surface area contributed by atoms with Crippen LogP contribution in [0.2, 0.25) is 0 Å². The van der Waals surface area contributed by atoms with Gasteiger partial charge in [-0.15, -0.1) is 0 Å². The predicted molar refractivity (Wildman–Crippen MR) is 73.1 cm³/mol. The monoisotopic (exact) mass is 235 g/mol. The minimum absolute atomic E-state index is 0.276. The van der Waals surface area contributed by atoms with E-state index in [4.69, 9.17) is 0 Å². The quantitative estimate of drug-likeness (QED) is 0.793. The van der Waals surface area contributed by atoms with E-state index < -0.39 is 5.60 Å². The molecule has 0 aromatic heterocycles. The number of hydrogen-bond donors (Lipinski definition) is 2. The summed E-state index contributed by atoms with van der Waals surface area (Å²) in [5.41, 5.74) is 1.95. The molecule has 2 nitrogen and oxygen atoms in total. The summed E-state index contributed by atoms with van der Waals surface area (Å²) in [6.07, 6.45) is 1.84. The largest absolute Gasteiger partial charge is 0.389 e. The van der Waals surface area contributed by atoms with Crippen molar-refractivity contribution in [2.45, 2.75) is 52.2 Å². The fourth-order valence-electron chi connectivity index (χ4n) is 2.06. The Balaban J connectivity index is 2.52. The SMILES string of the molecule is CCCC(C)(O)CNC(C)c1cccc(C)c1. The Morgan fingerprint density at radius 2 is 2.12 bits per heavy atom. The van der Waals surface area contributed by atoms with Crippen molar-refractivity contribution < 1.29 is 5.11 Å². The lowest BCUT2D eigenvalue weighted by atomic mass is 9.99. The number of rotatable bonds is 6. The second-order valence-electron chi connectivity index (χ2n) is 5.26. The van der Waals surface area contributed by atoms with E-state index in [1.807, 2.05) is 6.92 Å². The van der Waals surface area contributed by atoms with Crippen LogP contribution in [0.5, 0.6) is 0 Å². The van der Waals surface area contributed by atoms with Gasteiger partial charge in [0.05, 0.1) is 5.60 Å². The molecule has 2 heteroatoms. The molecular formula is C15H25NO. The van der Waals surface area contributed by atoms with E-state index in [-0.39, 0.29) is 6.04 Å². The Morgan fingerprint density at radius 3 is 2.71 bits per heavy atom. The summed E-state index contributed by atoms with van der Waals surface area (Å²) in [6.45, 7) is 8.86. The fourth-order valence-corrected chi connectivity index (χ4v) is 2.06. The van der Waals surface area contributed by atoms with Crippen LogP contribution in [0, 0.1) is 6.92 Å². The molecule has 0 radical (unpaired) electrons. The van der Waals surface area contributed by atoms with Crippen molar-refractivity contribution in [1.82, 2.24) is 5.32 Å². The molecule has 96 valence electrons. The molecule has 2 N–H and O–H groups in total. The average Bonchev–Trinajstić information content (AvgIpc) is 2.26. The molecule has 0 heterocycles. The van der Waals surface area contributed by atoms with Crippen LogP contribution < -0.4 is 5.32 Å². The van der Waals surface area contributed by atoms with Gasteiger partial charge in [-0.3, -0.25) is 0 Å². The van der Waals surface area contributed by atoms with E-state index in [9.17, 15) is 5.11 Å². The highest BCUT2D eigenvalue weighted by Crippen LogP contribution is 2.16. The van der Waals surface area contributed by atoms with Crippen LogP contribution >= 0.6 is 0 Å². The smallest absolute Gasteiger partial charge is 0.0743 e. The van der Waals surface area contributed by atoms with Crippen LogP contribution in [0.3, 0.4) is 0 Å². The third-order valence-corrected chi connectivity index (χ3v) is 3.12. The van der Waals surface area contributed by atoms with Gasteiger partial charge in [-0.1, -0.05) is 43.2 Å². The van der Waals surface area contributed by atoms with Gasteiger partial charge in [0.2, 0.25) is 0 Å². The van der Waals surface area contributed by atoms with Gasteiger partial charge in [0.15, 0.2) is 0 Å². The van der Waals surface area contributed by atoms with Crippen LogP contribution in [0.15, 0.2) is 24.3 Å². The van der Waals surface area contributed by atoms with Gasteiger partial charge in [-0.25, -0.2) is 0 Å². The molecule has 0 aliphatic heterocycles.